The smallest absolute Gasteiger partial charge is 0.404 e. The Morgan fingerprint density at radius 3 is 2.69 bits per heavy atom. The van der Waals surface area contributed by atoms with Crippen LogP contribution in [0.3, 0.4) is 0 Å². The van der Waals surface area contributed by atoms with Crippen molar-refractivity contribution in [2.24, 2.45) is 0 Å². The molecular weight excluding hydrogens is 188 g/mol. The normalized spacial score (nSPS) is 25.3. The Bertz CT molecular complexity index is 310. The van der Waals surface area contributed by atoms with Gasteiger partial charge in [0.05, 0.1) is 0 Å². The highest BCUT2D eigenvalue weighted by Crippen LogP contribution is 2.43. The van der Waals surface area contributed by atoms with Crippen molar-refractivity contribution in [1.29, 1.82) is 0 Å². The maximum absolute atomic E-state index is 10.4. The van der Waals surface area contributed by atoms with Crippen molar-refractivity contribution in [1.82, 2.24) is 0 Å². The minimum absolute atomic E-state index is 0.00704. The van der Waals surface area contributed by atoms with Crippen LogP contribution in [-0.2, 0) is 4.74 Å². The second-order valence-corrected chi connectivity index (χ2v) is 3.46. The summed E-state index contributed by atoms with van der Waals surface area (Å²) in [6.07, 6.45) is 0.884. The molecule has 0 heterocycles. The predicted molar refractivity (Wildman–Crippen MR) is 49.9 cm³/mol. The van der Waals surface area contributed by atoms with Gasteiger partial charge in [0.25, 0.3) is 0 Å². The van der Waals surface area contributed by atoms with Crippen LogP contribution in [0.15, 0.2) is 30.3 Å². The molecule has 0 aliphatic heterocycles. The molecule has 0 bridgehead atoms. The highest BCUT2D eigenvalue weighted by molar-refractivity contribution is 6.61. The molecule has 0 N–H and O–H groups in total. The fourth-order valence-corrected chi connectivity index (χ4v) is 1.59. The van der Waals surface area contributed by atoms with Crippen LogP contribution in [0.5, 0.6) is 0 Å². The number of halogens is 1. The van der Waals surface area contributed by atoms with Crippen LogP contribution >= 0.6 is 11.6 Å². The second-order valence-electron chi connectivity index (χ2n) is 3.15. The first-order valence-corrected chi connectivity index (χ1v) is 4.56. The van der Waals surface area contributed by atoms with E-state index in [0.29, 0.717) is 5.92 Å². The predicted octanol–water partition coefficient (Wildman–Crippen LogP) is 2.92. The molecule has 0 saturated heterocycles. The zero-order valence-electron chi connectivity index (χ0n) is 6.94. The van der Waals surface area contributed by atoms with E-state index in [9.17, 15) is 4.79 Å². The molecule has 1 fully saturated rings. The van der Waals surface area contributed by atoms with Gasteiger partial charge in [0.15, 0.2) is 0 Å². The molecule has 3 heteroatoms. The molecule has 2 unspecified atom stereocenters. The average molecular weight is 197 g/mol. The number of benzene rings is 1. The lowest BCUT2D eigenvalue weighted by Gasteiger charge is -1.99. The van der Waals surface area contributed by atoms with E-state index in [2.05, 4.69) is 0 Å². The SMILES string of the molecule is O=C(Cl)OC1CC1c1ccccc1. The molecule has 1 saturated carbocycles. The number of ether oxygens (including phenoxy) is 1. The third kappa shape index (κ3) is 2.01. The third-order valence-corrected chi connectivity index (χ3v) is 2.29. The summed E-state index contributed by atoms with van der Waals surface area (Å²) in [5.41, 5.74) is 0.508. The van der Waals surface area contributed by atoms with Gasteiger partial charge in [-0.15, -0.1) is 0 Å². The topological polar surface area (TPSA) is 26.3 Å². The van der Waals surface area contributed by atoms with E-state index in [1.165, 1.54) is 5.56 Å². The first-order chi connectivity index (χ1) is 6.27. The second kappa shape index (κ2) is 3.38. The number of hydrogen-bond acceptors (Lipinski definition) is 2. The molecule has 2 atom stereocenters. The minimum atomic E-state index is -0.705. The highest BCUT2D eigenvalue weighted by atomic mass is 35.5. The molecule has 1 aliphatic carbocycles. The monoisotopic (exact) mass is 196 g/mol. The Kier molecular flexibility index (Phi) is 2.23. The summed E-state index contributed by atoms with van der Waals surface area (Å²) < 4.78 is 4.85. The fourth-order valence-electron chi connectivity index (χ4n) is 1.47. The maximum Gasteiger partial charge on any atom is 0.404 e. The summed E-state index contributed by atoms with van der Waals surface area (Å²) in [5, 5.41) is 0. The Balaban J connectivity index is 1.97. The molecule has 1 aromatic carbocycles. The Hall–Kier alpha value is -1.02. The number of rotatable bonds is 2. The molecule has 1 aromatic rings. The van der Waals surface area contributed by atoms with Crippen molar-refractivity contribution in [2.45, 2.75) is 18.4 Å². The Morgan fingerprint density at radius 2 is 2.08 bits per heavy atom. The van der Waals surface area contributed by atoms with E-state index < -0.39 is 5.43 Å². The lowest BCUT2D eigenvalue weighted by molar-refractivity contribution is 0.164. The van der Waals surface area contributed by atoms with Gasteiger partial charge >= 0.3 is 5.43 Å². The number of carbonyl (C=O) groups excluding carboxylic acids is 1. The van der Waals surface area contributed by atoms with Crippen LogP contribution in [-0.4, -0.2) is 11.5 Å². The summed E-state index contributed by atoms with van der Waals surface area (Å²) >= 11 is 5.10. The van der Waals surface area contributed by atoms with Gasteiger partial charge in [-0.3, -0.25) is 0 Å². The van der Waals surface area contributed by atoms with Crippen molar-refractivity contribution in [3.63, 3.8) is 0 Å². The van der Waals surface area contributed by atoms with Crippen LogP contribution in [0.25, 0.3) is 0 Å². The molecule has 0 amide bonds. The standard InChI is InChI=1S/C10H9ClO2/c11-10(12)13-9-6-8(9)7-4-2-1-3-5-7/h1-5,8-9H,6H2. The highest BCUT2D eigenvalue weighted by Gasteiger charge is 2.41. The van der Waals surface area contributed by atoms with Crippen molar-refractivity contribution in [3.8, 4) is 0 Å². The van der Waals surface area contributed by atoms with Crippen LogP contribution in [0.1, 0.15) is 17.9 Å². The molecule has 13 heavy (non-hydrogen) atoms. The molecule has 0 radical (unpaired) electrons. The van der Waals surface area contributed by atoms with Crippen molar-refractivity contribution >= 4 is 17.0 Å². The quantitative estimate of drug-likeness (QED) is 0.680. The summed E-state index contributed by atoms with van der Waals surface area (Å²) in [6.45, 7) is 0. The van der Waals surface area contributed by atoms with Gasteiger partial charge in [-0.1, -0.05) is 30.3 Å². The van der Waals surface area contributed by atoms with E-state index in [1.54, 1.807) is 0 Å². The van der Waals surface area contributed by atoms with Crippen LogP contribution < -0.4 is 0 Å². The molecule has 68 valence electrons. The minimum Gasteiger partial charge on any atom is -0.450 e. The molecule has 0 aromatic heterocycles. The summed E-state index contributed by atoms with van der Waals surface area (Å²) in [5.74, 6) is 0.351. The summed E-state index contributed by atoms with van der Waals surface area (Å²) in [6, 6.07) is 9.99. The fraction of sp³-hybridized carbons (Fsp3) is 0.300. The van der Waals surface area contributed by atoms with Crippen LogP contribution in [0.2, 0.25) is 0 Å². The van der Waals surface area contributed by atoms with Gasteiger partial charge in [0.1, 0.15) is 6.10 Å². The van der Waals surface area contributed by atoms with E-state index in [4.69, 9.17) is 16.3 Å². The first kappa shape index (κ1) is 8.57. The lowest BCUT2D eigenvalue weighted by atomic mass is 10.1. The van der Waals surface area contributed by atoms with E-state index in [0.717, 1.165) is 6.42 Å². The van der Waals surface area contributed by atoms with Gasteiger partial charge in [-0.05, 0) is 12.0 Å². The Labute approximate surface area is 81.5 Å². The van der Waals surface area contributed by atoms with E-state index in [1.807, 2.05) is 30.3 Å². The zero-order valence-corrected chi connectivity index (χ0v) is 7.70. The molecule has 2 nitrogen and oxygen atoms in total. The molecule has 2 rings (SSSR count). The molecule has 0 spiro atoms. The van der Waals surface area contributed by atoms with Crippen LogP contribution in [0.4, 0.5) is 4.79 Å². The largest absolute Gasteiger partial charge is 0.450 e. The van der Waals surface area contributed by atoms with Crippen molar-refractivity contribution in [3.05, 3.63) is 35.9 Å². The van der Waals surface area contributed by atoms with Gasteiger partial charge in [0.2, 0.25) is 0 Å². The van der Waals surface area contributed by atoms with E-state index in [-0.39, 0.29) is 6.10 Å². The summed E-state index contributed by atoms with van der Waals surface area (Å²) in [7, 11) is 0. The maximum atomic E-state index is 10.4. The first-order valence-electron chi connectivity index (χ1n) is 4.18. The number of carbonyl (C=O) groups is 1. The average Bonchev–Trinajstić information content (AvgIpc) is 2.84. The third-order valence-electron chi connectivity index (χ3n) is 2.20. The van der Waals surface area contributed by atoms with E-state index >= 15 is 0 Å². The van der Waals surface area contributed by atoms with Crippen molar-refractivity contribution in [2.75, 3.05) is 0 Å². The summed E-state index contributed by atoms with van der Waals surface area (Å²) in [4.78, 5) is 10.4. The Morgan fingerprint density at radius 1 is 1.38 bits per heavy atom. The van der Waals surface area contributed by atoms with Gasteiger partial charge in [-0.2, -0.15) is 0 Å². The van der Waals surface area contributed by atoms with Crippen molar-refractivity contribution < 1.29 is 9.53 Å². The van der Waals surface area contributed by atoms with Crippen LogP contribution in [0, 0.1) is 0 Å². The van der Waals surface area contributed by atoms with Gasteiger partial charge in [0, 0.05) is 17.5 Å². The molecule has 1 aliphatic rings. The molecular formula is C10H9ClO2. The van der Waals surface area contributed by atoms with Gasteiger partial charge < -0.3 is 4.74 Å². The lowest BCUT2D eigenvalue weighted by Crippen LogP contribution is -1.98. The van der Waals surface area contributed by atoms with Gasteiger partial charge in [-0.25, -0.2) is 4.79 Å². The number of hydrogen-bond donors (Lipinski definition) is 0. The zero-order chi connectivity index (χ0) is 9.26.